The van der Waals surface area contributed by atoms with Crippen LogP contribution in [-0.4, -0.2) is 9.78 Å². The molecule has 2 N–H and O–H groups in total. The molecule has 2 rings (SSSR count). The highest BCUT2D eigenvalue weighted by atomic mass is 35.5. The van der Waals surface area contributed by atoms with E-state index < -0.39 is 0 Å². The van der Waals surface area contributed by atoms with Gasteiger partial charge in [-0.2, -0.15) is 5.10 Å². The van der Waals surface area contributed by atoms with Gasteiger partial charge in [-0.05, 0) is 12.8 Å². The fourth-order valence-electron chi connectivity index (χ4n) is 2.32. The van der Waals surface area contributed by atoms with Crippen molar-refractivity contribution >= 4 is 17.4 Å². The van der Waals surface area contributed by atoms with Gasteiger partial charge in [-0.15, -0.1) is 0 Å². The Balaban J connectivity index is 2.10. The van der Waals surface area contributed by atoms with Gasteiger partial charge in [0.2, 0.25) is 0 Å². The average molecular weight is 228 g/mol. The quantitative estimate of drug-likeness (QED) is 0.799. The van der Waals surface area contributed by atoms with Gasteiger partial charge in [-0.3, -0.25) is 0 Å². The topological polar surface area (TPSA) is 43.8 Å². The van der Waals surface area contributed by atoms with Gasteiger partial charge in [0.05, 0.1) is 12.2 Å². The molecule has 1 aromatic rings. The molecule has 1 fully saturated rings. The summed E-state index contributed by atoms with van der Waals surface area (Å²) in [6.45, 7) is 0. The van der Waals surface area contributed by atoms with Gasteiger partial charge in [0.25, 0.3) is 0 Å². The van der Waals surface area contributed by atoms with Gasteiger partial charge in [0.15, 0.2) is 0 Å². The molecule has 1 heterocycles. The molecule has 1 saturated carbocycles. The first-order chi connectivity index (χ1) is 7.29. The molecule has 0 unspecified atom stereocenters. The Kier molecular flexibility index (Phi) is 3.52. The molecule has 4 heteroatoms. The minimum atomic E-state index is 0.456. The van der Waals surface area contributed by atoms with Crippen LogP contribution in [-0.2, 0) is 0 Å². The van der Waals surface area contributed by atoms with Crippen molar-refractivity contribution in [2.75, 3.05) is 5.73 Å². The Hall–Kier alpha value is -0.700. The molecule has 0 bridgehead atoms. The molecular weight excluding hydrogens is 210 g/mol. The van der Waals surface area contributed by atoms with Crippen LogP contribution in [0.3, 0.4) is 0 Å². The molecule has 0 aliphatic heterocycles. The first-order valence-electron chi connectivity index (χ1n) is 5.77. The fraction of sp³-hybridized carbons (Fsp3) is 0.727. The van der Waals surface area contributed by atoms with Crippen LogP contribution in [0.1, 0.15) is 51.0 Å². The number of nitrogen functional groups attached to an aromatic ring is 1. The second kappa shape index (κ2) is 4.88. The van der Waals surface area contributed by atoms with E-state index in [-0.39, 0.29) is 0 Å². The zero-order chi connectivity index (χ0) is 10.7. The Bertz CT molecular complexity index is 314. The van der Waals surface area contributed by atoms with E-state index >= 15 is 0 Å². The van der Waals surface area contributed by atoms with E-state index in [0.29, 0.717) is 16.9 Å². The summed E-state index contributed by atoms with van der Waals surface area (Å²) >= 11 is 5.91. The first kappa shape index (κ1) is 10.8. The Morgan fingerprint density at radius 1 is 1.20 bits per heavy atom. The minimum absolute atomic E-state index is 0.456. The van der Waals surface area contributed by atoms with Crippen LogP contribution >= 0.6 is 11.6 Å². The third kappa shape index (κ3) is 2.46. The summed E-state index contributed by atoms with van der Waals surface area (Å²) in [6.07, 6.45) is 10.6. The van der Waals surface area contributed by atoms with Crippen LogP contribution in [0.5, 0.6) is 0 Å². The van der Waals surface area contributed by atoms with Crippen LogP contribution in [0.4, 0.5) is 5.82 Å². The molecule has 3 nitrogen and oxygen atoms in total. The van der Waals surface area contributed by atoms with Crippen molar-refractivity contribution in [1.29, 1.82) is 0 Å². The van der Waals surface area contributed by atoms with Crippen LogP contribution in [0.15, 0.2) is 6.20 Å². The van der Waals surface area contributed by atoms with Gasteiger partial charge in [-0.25, -0.2) is 4.68 Å². The molecule has 84 valence electrons. The summed E-state index contributed by atoms with van der Waals surface area (Å²) in [5.41, 5.74) is 5.89. The highest BCUT2D eigenvalue weighted by Gasteiger charge is 2.17. The average Bonchev–Trinajstić information content (AvgIpc) is 2.48. The predicted molar refractivity (Wildman–Crippen MR) is 63.0 cm³/mol. The van der Waals surface area contributed by atoms with Crippen molar-refractivity contribution in [3.05, 3.63) is 11.2 Å². The lowest BCUT2D eigenvalue weighted by molar-refractivity contribution is 0.351. The summed E-state index contributed by atoms with van der Waals surface area (Å²) in [5, 5.41) is 4.85. The second-order valence-electron chi connectivity index (χ2n) is 4.32. The molecule has 0 spiro atoms. The number of anilines is 1. The summed E-state index contributed by atoms with van der Waals surface area (Å²) in [4.78, 5) is 0. The van der Waals surface area contributed by atoms with Crippen LogP contribution in [0.2, 0.25) is 5.02 Å². The summed E-state index contributed by atoms with van der Waals surface area (Å²) in [7, 11) is 0. The number of hydrogen-bond donors (Lipinski definition) is 1. The third-order valence-corrected chi connectivity index (χ3v) is 3.50. The van der Waals surface area contributed by atoms with Crippen molar-refractivity contribution < 1.29 is 0 Å². The molecular formula is C11H18ClN3. The van der Waals surface area contributed by atoms with Crippen LogP contribution < -0.4 is 5.73 Å². The lowest BCUT2D eigenvalue weighted by Gasteiger charge is -2.21. The molecule has 0 atom stereocenters. The summed E-state index contributed by atoms with van der Waals surface area (Å²) in [5.74, 6) is 0.627. The van der Waals surface area contributed by atoms with E-state index in [0.717, 1.165) is 0 Å². The predicted octanol–water partition coefficient (Wildman–Crippen LogP) is 3.40. The Morgan fingerprint density at radius 2 is 1.80 bits per heavy atom. The van der Waals surface area contributed by atoms with Crippen molar-refractivity contribution in [1.82, 2.24) is 9.78 Å². The van der Waals surface area contributed by atoms with Gasteiger partial charge in [0, 0.05) is 0 Å². The van der Waals surface area contributed by atoms with Crippen molar-refractivity contribution in [3.63, 3.8) is 0 Å². The maximum absolute atomic E-state index is 5.91. The molecule has 0 radical (unpaired) electrons. The molecule has 15 heavy (non-hydrogen) atoms. The highest BCUT2D eigenvalue weighted by molar-refractivity contribution is 6.32. The Labute approximate surface area is 95.6 Å². The summed E-state index contributed by atoms with van der Waals surface area (Å²) in [6, 6.07) is 0.456. The van der Waals surface area contributed by atoms with Crippen molar-refractivity contribution in [2.45, 2.75) is 51.0 Å². The zero-order valence-electron chi connectivity index (χ0n) is 8.95. The van der Waals surface area contributed by atoms with E-state index in [4.69, 9.17) is 17.3 Å². The smallest absolute Gasteiger partial charge is 0.140 e. The van der Waals surface area contributed by atoms with Gasteiger partial charge in [-0.1, -0.05) is 43.7 Å². The number of hydrogen-bond acceptors (Lipinski definition) is 2. The molecule has 0 saturated heterocycles. The molecule has 0 amide bonds. The van der Waals surface area contributed by atoms with Gasteiger partial charge in [0.1, 0.15) is 10.8 Å². The van der Waals surface area contributed by atoms with E-state index in [2.05, 4.69) is 5.10 Å². The monoisotopic (exact) mass is 227 g/mol. The molecule has 1 aromatic heterocycles. The molecule has 1 aliphatic rings. The standard InChI is InChI=1S/C11H18ClN3/c12-10-8-14-15(11(10)13)9-6-4-2-1-3-5-7-9/h8-9H,1-7,13H2. The molecule has 1 aliphatic carbocycles. The van der Waals surface area contributed by atoms with E-state index in [1.54, 1.807) is 6.20 Å². The van der Waals surface area contributed by atoms with Crippen molar-refractivity contribution in [2.24, 2.45) is 0 Å². The lowest BCUT2D eigenvalue weighted by Crippen LogP contribution is -2.14. The van der Waals surface area contributed by atoms with Crippen LogP contribution in [0.25, 0.3) is 0 Å². The Morgan fingerprint density at radius 3 is 2.33 bits per heavy atom. The number of nitrogens with two attached hydrogens (primary N) is 1. The third-order valence-electron chi connectivity index (χ3n) is 3.21. The number of nitrogens with zero attached hydrogens (tertiary/aromatic N) is 2. The van der Waals surface area contributed by atoms with E-state index in [1.165, 1.54) is 44.9 Å². The van der Waals surface area contributed by atoms with E-state index in [9.17, 15) is 0 Å². The normalized spacial score (nSPS) is 19.8. The first-order valence-corrected chi connectivity index (χ1v) is 6.15. The minimum Gasteiger partial charge on any atom is -0.383 e. The highest BCUT2D eigenvalue weighted by Crippen LogP contribution is 2.30. The maximum Gasteiger partial charge on any atom is 0.140 e. The number of rotatable bonds is 1. The van der Waals surface area contributed by atoms with E-state index in [1.807, 2.05) is 4.68 Å². The summed E-state index contributed by atoms with van der Waals surface area (Å²) < 4.78 is 1.91. The number of aromatic nitrogens is 2. The zero-order valence-corrected chi connectivity index (χ0v) is 9.71. The largest absolute Gasteiger partial charge is 0.383 e. The lowest BCUT2D eigenvalue weighted by atomic mass is 9.97. The fourth-order valence-corrected chi connectivity index (χ4v) is 2.45. The molecule has 0 aromatic carbocycles. The van der Waals surface area contributed by atoms with Gasteiger partial charge < -0.3 is 5.73 Å². The SMILES string of the molecule is Nc1c(Cl)cnn1C1CCCCCCC1. The van der Waals surface area contributed by atoms with Crippen molar-refractivity contribution in [3.8, 4) is 0 Å². The maximum atomic E-state index is 5.91. The van der Waals surface area contributed by atoms with Gasteiger partial charge >= 0.3 is 0 Å². The van der Waals surface area contributed by atoms with Crippen LogP contribution in [0, 0.1) is 0 Å². The second-order valence-corrected chi connectivity index (χ2v) is 4.73. The number of halogens is 1.